The molecule has 0 radical (unpaired) electrons. The van der Waals surface area contributed by atoms with Crippen molar-refractivity contribution in [1.29, 1.82) is 0 Å². The number of amides is 2. The summed E-state index contributed by atoms with van der Waals surface area (Å²) >= 11 is 0. The molecule has 180 valence electrons. The van der Waals surface area contributed by atoms with Gasteiger partial charge in [-0.1, -0.05) is 0 Å². The van der Waals surface area contributed by atoms with Crippen LogP contribution in [0.15, 0.2) is 0 Å². The molecule has 2 fully saturated rings. The van der Waals surface area contributed by atoms with E-state index in [4.69, 9.17) is 14.2 Å². The lowest BCUT2D eigenvalue weighted by Crippen LogP contribution is -2.49. The molecule has 3 atom stereocenters. The van der Waals surface area contributed by atoms with Gasteiger partial charge in [-0.25, -0.2) is 0 Å². The van der Waals surface area contributed by atoms with E-state index >= 15 is 0 Å². The number of ether oxygens (including phenoxy) is 3. The maximum absolute atomic E-state index is 12.9. The van der Waals surface area contributed by atoms with Crippen molar-refractivity contribution in [2.75, 3.05) is 79.4 Å². The van der Waals surface area contributed by atoms with Gasteiger partial charge in [0.15, 0.2) is 0 Å². The minimum absolute atomic E-state index is 0.0131. The van der Waals surface area contributed by atoms with Gasteiger partial charge >= 0.3 is 0 Å². The smallest absolute Gasteiger partial charge is 0.236 e. The number of aliphatic hydroxyl groups is 2. The number of rotatable bonds is 3. The molecule has 2 heterocycles. The first kappa shape index (κ1) is 26.0. The average Bonchev–Trinajstić information content (AvgIpc) is 2.76. The van der Waals surface area contributed by atoms with Gasteiger partial charge in [-0.3, -0.25) is 14.5 Å². The minimum atomic E-state index is -1.16. The van der Waals surface area contributed by atoms with E-state index in [1.807, 2.05) is 4.90 Å². The van der Waals surface area contributed by atoms with Crippen LogP contribution in [-0.4, -0.2) is 134 Å². The van der Waals surface area contributed by atoms with Crippen LogP contribution in [0.2, 0.25) is 0 Å². The van der Waals surface area contributed by atoms with E-state index in [0.29, 0.717) is 52.4 Å². The number of hydrogen-bond donors (Lipinski definition) is 2. The molecule has 0 saturated carbocycles. The van der Waals surface area contributed by atoms with Gasteiger partial charge in [0.1, 0.15) is 18.3 Å². The van der Waals surface area contributed by atoms with Crippen molar-refractivity contribution in [2.45, 2.75) is 44.5 Å². The summed E-state index contributed by atoms with van der Waals surface area (Å²) in [6.07, 6.45) is -0.840. The van der Waals surface area contributed by atoms with E-state index in [1.165, 1.54) is 14.0 Å². The quantitative estimate of drug-likeness (QED) is 0.565. The molecule has 2 aliphatic heterocycles. The predicted octanol–water partition coefficient (Wildman–Crippen LogP) is -1.07. The Morgan fingerprint density at radius 1 is 0.935 bits per heavy atom. The zero-order chi connectivity index (χ0) is 22.6. The van der Waals surface area contributed by atoms with E-state index in [-0.39, 0.29) is 25.0 Å². The van der Waals surface area contributed by atoms with Gasteiger partial charge in [-0.2, -0.15) is 0 Å². The van der Waals surface area contributed by atoms with Gasteiger partial charge in [-0.05, 0) is 19.3 Å². The third-order valence-electron chi connectivity index (χ3n) is 5.85. The van der Waals surface area contributed by atoms with Crippen LogP contribution >= 0.6 is 0 Å². The third-order valence-corrected chi connectivity index (χ3v) is 5.85. The number of methoxy groups -OCH3 is 1. The first-order chi connectivity index (χ1) is 14.9. The summed E-state index contributed by atoms with van der Waals surface area (Å²) in [6, 6.07) is 0. The Morgan fingerprint density at radius 3 is 2.29 bits per heavy atom. The molecule has 2 aliphatic rings. The van der Waals surface area contributed by atoms with Crippen molar-refractivity contribution in [3.63, 3.8) is 0 Å². The first-order valence-electron chi connectivity index (χ1n) is 11.2. The summed E-state index contributed by atoms with van der Waals surface area (Å²) in [5, 5.41) is 20.6. The van der Waals surface area contributed by atoms with E-state index < -0.39 is 18.3 Å². The summed E-state index contributed by atoms with van der Waals surface area (Å²) in [4.78, 5) is 30.6. The van der Waals surface area contributed by atoms with Crippen LogP contribution in [0.3, 0.4) is 0 Å². The second-order valence-electron chi connectivity index (χ2n) is 8.20. The molecule has 0 aromatic heterocycles. The number of aliphatic hydroxyl groups excluding tert-OH is 2. The second kappa shape index (κ2) is 14.0. The largest absolute Gasteiger partial charge is 0.388 e. The predicted molar refractivity (Wildman–Crippen MR) is 114 cm³/mol. The lowest BCUT2D eigenvalue weighted by molar-refractivity contribution is -0.136. The van der Waals surface area contributed by atoms with Crippen molar-refractivity contribution in [3.05, 3.63) is 0 Å². The topological polar surface area (TPSA) is 112 Å². The highest BCUT2D eigenvalue weighted by Gasteiger charge is 2.29. The zero-order valence-electron chi connectivity index (χ0n) is 18.9. The fraction of sp³-hybridized carbons (Fsp3) is 0.905. The van der Waals surface area contributed by atoms with Crippen molar-refractivity contribution < 1.29 is 34.0 Å². The Labute approximate surface area is 185 Å². The van der Waals surface area contributed by atoms with Crippen LogP contribution in [0.4, 0.5) is 0 Å². The molecular formula is C21H39N3O7. The number of carbonyl (C=O) groups excluding carboxylic acids is 2. The van der Waals surface area contributed by atoms with Crippen LogP contribution in [0.5, 0.6) is 0 Å². The molecule has 31 heavy (non-hydrogen) atoms. The van der Waals surface area contributed by atoms with Gasteiger partial charge in [0.05, 0.1) is 26.4 Å². The molecule has 0 bridgehead atoms. The molecular weight excluding hydrogens is 406 g/mol. The maximum atomic E-state index is 12.9. The van der Waals surface area contributed by atoms with Gasteiger partial charge < -0.3 is 34.2 Å². The number of carbonyl (C=O) groups is 2. The summed E-state index contributed by atoms with van der Waals surface area (Å²) in [6.45, 7) is 6.86. The Bertz CT molecular complexity index is 545. The molecule has 10 nitrogen and oxygen atoms in total. The Morgan fingerprint density at radius 2 is 1.61 bits per heavy atom. The van der Waals surface area contributed by atoms with Gasteiger partial charge in [0.25, 0.3) is 0 Å². The SMILES string of the molecule is CO[C@H]1CN(C(C)=O)CCCN(C(=O)CN2CCOCC2)CCCCOC[C@H](O)[C@@H]1O. The van der Waals surface area contributed by atoms with Crippen molar-refractivity contribution >= 4 is 11.8 Å². The normalized spacial score (nSPS) is 28.6. The molecule has 2 rings (SSSR count). The van der Waals surface area contributed by atoms with Crippen LogP contribution < -0.4 is 0 Å². The van der Waals surface area contributed by atoms with Gasteiger partial charge in [0, 0.05) is 59.9 Å². The number of morpholine rings is 1. The molecule has 0 spiro atoms. The molecule has 0 aromatic rings. The summed E-state index contributed by atoms with van der Waals surface area (Å²) in [7, 11) is 1.44. The summed E-state index contributed by atoms with van der Waals surface area (Å²) in [5.74, 6) is -0.0578. The van der Waals surface area contributed by atoms with E-state index in [1.54, 1.807) is 4.90 Å². The molecule has 0 unspecified atom stereocenters. The van der Waals surface area contributed by atoms with Crippen LogP contribution in [0.25, 0.3) is 0 Å². The molecule has 2 saturated heterocycles. The van der Waals surface area contributed by atoms with Crippen LogP contribution in [0.1, 0.15) is 26.2 Å². The minimum Gasteiger partial charge on any atom is -0.388 e. The van der Waals surface area contributed by atoms with E-state index in [9.17, 15) is 19.8 Å². The van der Waals surface area contributed by atoms with Gasteiger partial charge in [0.2, 0.25) is 11.8 Å². The van der Waals surface area contributed by atoms with Crippen LogP contribution in [-0.2, 0) is 23.8 Å². The zero-order valence-corrected chi connectivity index (χ0v) is 18.9. The monoisotopic (exact) mass is 445 g/mol. The lowest BCUT2D eigenvalue weighted by atomic mass is 10.1. The highest BCUT2D eigenvalue weighted by Crippen LogP contribution is 2.10. The molecule has 2 amide bonds. The molecule has 0 aliphatic carbocycles. The number of hydrogen-bond acceptors (Lipinski definition) is 8. The fourth-order valence-electron chi connectivity index (χ4n) is 3.84. The molecule has 10 heteroatoms. The highest BCUT2D eigenvalue weighted by molar-refractivity contribution is 5.78. The van der Waals surface area contributed by atoms with Crippen molar-refractivity contribution in [3.8, 4) is 0 Å². The maximum Gasteiger partial charge on any atom is 0.236 e. The lowest BCUT2D eigenvalue weighted by Gasteiger charge is -2.32. The Balaban J connectivity index is 2.01. The summed E-state index contributed by atoms with van der Waals surface area (Å²) < 4.78 is 16.2. The fourth-order valence-corrected chi connectivity index (χ4v) is 3.84. The van der Waals surface area contributed by atoms with Crippen LogP contribution in [0, 0.1) is 0 Å². The molecule has 0 aromatic carbocycles. The van der Waals surface area contributed by atoms with E-state index in [0.717, 1.165) is 25.9 Å². The van der Waals surface area contributed by atoms with Gasteiger partial charge in [-0.15, -0.1) is 0 Å². The van der Waals surface area contributed by atoms with E-state index in [2.05, 4.69) is 4.90 Å². The Hall–Kier alpha value is -1.30. The number of nitrogens with zero attached hydrogens (tertiary/aromatic N) is 3. The highest BCUT2D eigenvalue weighted by atomic mass is 16.5. The second-order valence-corrected chi connectivity index (χ2v) is 8.20. The third kappa shape index (κ3) is 8.99. The standard InChI is InChI=1S/C21H39N3O7/c1-17(25)24-8-5-7-23(20(27)15-22-9-12-30-13-10-22)6-3-4-11-31-16-18(26)21(28)19(14-24)29-2/h18-19,21,26,28H,3-16H2,1-2H3/t18-,19-,21-/m0/s1. The average molecular weight is 446 g/mol. The molecule has 2 N–H and O–H groups in total. The van der Waals surface area contributed by atoms with Crippen molar-refractivity contribution in [1.82, 2.24) is 14.7 Å². The summed E-state index contributed by atoms with van der Waals surface area (Å²) in [5.41, 5.74) is 0. The first-order valence-corrected chi connectivity index (χ1v) is 11.2. The van der Waals surface area contributed by atoms with Crippen molar-refractivity contribution in [2.24, 2.45) is 0 Å². The Kier molecular flexibility index (Phi) is 11.7.